The topological polar surface area (TPSA) is 39.1 Å². The Balaban J connectivity index is 1.64. The Labute approximate surface area is 190 Å². The summed E-state index contributed by atoms with van der Waals surface area (Å²) < 4.78 is 24.0. The van der Waals surface area contributed by atoms with E-state index in [9.17, 15) is 0 Å². The molecule has 0 fully saturated rings. The van der Waals surface area contributed by atoms with E-state index >= 15 is 4.39 Å². The summed E-state index contributed by atoms with van der Waals surface area (Å²) >= 11 is 3.49. The van der Waals surface area contributed by atoms with E-state index < -0.39 is 0 Å². The molecule has 0 amide bonds. The molecule has 0 atom stereocenters. The predicted octanol–water partition coefficient (Wildman–Crippen LogP) is 6.19. The number of aryl methyl sites for hydroxylation is 1. The lowest BCUT2D eigenvalue weighted by Crippen LogP contribution is -2.09. The van der Waals surface area contributed by atoms with Crippen LogP contribution in [0.25, 0.3) is 33.3 Å². The summed E-state index contributed by atoms with van der Waals surface area (Å²) in [5, 5.41) is 8.63. The Morgan fingerprint density at radius 2 is 1.87 bits per heavy atom. The first-order chi connectivity index (χ1) is 15.1. The zero-order valence-corrected chi connectivity index (χ0v) is 19.2. The van der Waals surface area contributed by atoms with Crippen molar-refractivity contribution in [3.05, 3.63) is 71.0 Å². The average Bonchev–Trinajstić information content (AvgIpc) is 3.09. The number of nitrogens with zero attached hydrogens (tertiary/aromatic N) is 2. The molecule has 1 heterocycles. The largest absolute Gasteiger partial charge is 0.493 e. The van der Waals surface area contributed by atoms with E-state index in [1.54, 1.807) is 16.8 Å². The molecule has 0 radical (unpaired) electrons. The number of aromatic nitrogens is 2. The first-order valence-corrected chi connectivity index (χ1v) is 11.2. The molecule has 0 aliphatic carbocycles. The summed E-state index contributed by atoms with van der Waals surface area (Å²) in [5.41, 5.74) is 3.75. The van der Waals surface area contributed by atoms with Gasteiger partial charge >= 0.3 is 0 Å². The summed E-state index contributed by atoms with van der Waals surface area (Å²) in [4.78, 5) is 0. The standard InChI is InChI=1S/C25H25BrFN3O/c1-28-13-5-6-14-31-24-8-4-3-7-19(24)17-9-11-20(22(27)15-17)25-21-12-10-18(26)16-23(21)30(2)29-25/h3-4,7-12,15-16,28H,5-6,13-14H2,1-2H3. The van der Waals surface area contributed by atoms with Gasteiger partial charge in [0.1, 0.15) is 17.3 Å². The van der Waals surface area contributed by atoms with Crippen LogP contribution in [-0.4, -0.2) is 30.0 Å². The molecule has 31 heavy (non-hydrogen) atoms. The van der Waals surface area contributed by atoms with Gasteiger partial charge in [0.15, 0.2) is 0 Å². The molecule has 1 aromatic heterocycles. The second-order valence-corrected chi connectivity index (χ2v) is 8.40. The third-order valence-electron chi connectivity index (χ3n) is 5.31. The zero-order chi connectivity index (χ0) is 21.8. The van der Waals surface area contributed by atoms with Crippen LogP contribution in [0.4, 0.5) is 4.39 Å². The highest BCUT2D eigenvalue weighted by Gasteiger charge is 2.16. The highest BCUT2D eigenvalue weighted by molar-refractivity contribution is 9.10. The molecule has 0 spiro atoms. The van der Waals surface area contributed by atoms with Gasteiger partial charge < -0.3 is 10.1 Å². The first kappa shape index (κ1) is 21.5. The average molecular weight is 482 g/mol. The maximum Gasteiger partial charge on any atom is 0.133 e. The Hall–Kier alpha value is -2.70. The number of hydrogen-bond donors (Lipinski definition) is 1. The molecule has 0 saturated carbocycles. The van der Waals surface area contributed by atoms with Crippen LogP contribution in [0.1, 0.15) is 12.8 Å². The minimum atomic E-state index is -0.302. The van der Waals surface area contributed by atoms with Gasteiger partial charge in [0.2, 0.25) is 0 Å². The van der Waals surface area contributed by atoms with E-state index in [4.69, 9.17) is 4.74 Å². The normalized spacial score (nSPS) is 11.2. The molecule has 6 heteroatoms. The minimum Gasteiger partial charge on any atom is -0.493 e. The highest BCUT2D eigenvalue weighted by Crippen LogP contribution is 2.35. The van der Waals surface area contributed by atoms with Crippen molar-refractivity contribution >= 4 is 26.8 Å². The third kappa shape index (κ3) is 4.65. The fraction of sp³-hybridized carbons (Fsp3) is 0.240. The maximum absolute atomic E-state index is 15.3. The number of nitrogens with one attached hydrogen (secondary N) is 1. The Morgan fingerprint density at radius 1 is 1.03 bits per heavy atom. The number of unbranched alkanes of at least 4 members (excludes halogenated alkanes) is 1. The van der Waals surface area contributed by atoms with E-state index in [1.807, 2.05) is 62.6 Å². The number of rotatable bonds is 8. The van der Waals surface area contributed by atoms with Crippen LogP contribution in [0.5, 0.6) is 5.75 Å². The van der Waals surface area contributed by atoms with Crippen molar-refractivity contribution in [3.8, 4) is 28.1 Å². The van der Waals surface area contributed by atoms with Gasteiger partial charge in [-0.1, -0.05) is 40.2 Å². The third-order valence-corrected chi connectivity index (χ3v) is 5.81. The van der Waals surface area contributed by atoms with Crippen molar-refractivity contribution in [1.82, 2.24) is 15.1 Å². The number of fused-ring (bicyclic) bond motifs is 1. The maximum atomic E-state index is 15.3. The van der Waals surface area contributed by atoms with Crippen molar-refractivity contribution in [3.63, 3.8) is 0 Å². The lowest BCUT2D eigenvalue weighted by molar-refractivity contribution is 0.307. The van der Waals surface area contributed by atoms with Crippen LogP contribution >= 0.6 is 15.9 Å². The molecule has 4 rings (SSSR count). The molecule has 0 aliphatic heterocycles. The minimum absolute atomic E-state index is 0.302. The van der Waals surface area contributed by atoms with Crippen LogP contribution in [-0.2, 0) is 7.05 Å². The molecule has 160 valence electrons. The van der Waals surface area contributed by atoms with Crippen LogP contribution in [0, 0.1) is 5.82 Å². The van der Waals surface area contributed by atoms with Crippen LogP contribution in [0.2, 0.25) is 0 Å². The van der Waals surface area contributed by atoms with Gasteiger partial charge in [-0.15, -0.1) is 0 Å². The van der Waals surface area contributed by atoms with E-state index in [-0.39, 0.29) is 5.82 Å². The molecule has 0 bridgehead atoms. The van der Waals surface area contributed by atoms with Gasteiger partial charge in [-0.05, 0) is 68.4 Å². The van der Waals surface area contributed by atoms with Crippen molar-refractivity contribution in [2.45, 2.75) is 12.8 Å². The lowest BCUT2D eigenvalue weighted by atomic mass is 10.00. The predicted molar refractivity (Wildman–Crippen MR) is 128 cm³/mol. The van der Waals surface area contributed by atoms with Crippen molar-refractivity contribution in [2.24, 2.45) is 7.05 Å². The van der Waals surface area contributed by atoms with E-state index in [0.717, 1.165) is 51.6 Å². The van der Waals surface area contributed by atoms with Crippen molar-refractivity contribution in [2.75, 3.05) is 20.2 Å². The molecule has 0 unspecified atom stereocenters. The van der Waals surface area contributed by atoms with Crippen LogP contribution < -0.4 is 10.1 Å². The molecule has 4 aromatic rings. The number of para-hydroxylation sites is 1. The van der Waals surface area contributed by atoms with Gasteiger partial charge in [0.25, 0.3) is 0 Å². The molecular weight excluding hydrogens is 457 g/mol. The number of ether oxygens (including phenoxy) is 1. The van der Waals surface area contributed by atoms with Crippen LogP contribution in [0.3, 0.4) is 0 Å². The molecule has 3 aromatic carbocycles. The SMILES string of the molecule is CNCCCCOc1ccccc1-c1ccc(-c2nn(C)c3cc(Br)ccc23)c(F)c1. The number of halogens is 2. The smallest absolute Gasteiger partial charge is 0.133 e. The Bertz CT molecular complexity index is 1200. The van der Waals surface area contributed by atoms with E-state index in [0.29, 0.717) is 17.9 Å². The molecule has 0 saturated heterocycles. The molecule has 4 nitrogen and oxygen atoms in total. The van der Waals surface area contributed by atoms with E-state index in [2.05, 4.69) is 26.3 Å². The molecular formula is C25H25BrFN3O. The zero-order valence-electron chi connectivity index (χ0n) is 17.7. The first-order valence-electron chi connectivity index (χ1n) is 10.4. The number of benzene rings is 3. The van der Waals surface area contributed by atoms with Crippen molar-refractivity contribution < 1.29 is 9.13 Å². The lowest BCUT2D eigenvalue weighted by Gasteiger charge is -2.12. The fourth-order valence-corrected chi connectivity index (χ4v) is 4.07. The Kier molecular flexibility index (Phi) is 6.68. The van der Waals surface area contributed by atoms with E-state index in [1.165, 1.54) is 0 Å². The van der Waals surface area contributed by atoms with Crippen LogP contribution in [0.15, 0.2) is 65.1 Å². The van der Waals surface area contributed by atoms with Gasteiger partial charge in [-0.2, -0.15) is 5.10 Å². The number of hydrogen-bond acceptors (Lipinski definition) is 3. The molecule has 1 N–H and O–H groups in total. The second kappa shape index (κ2) is 9.62. The van der Waals surface area contributed by atoms with Gasteiger partial charge in [-0.25, -0.2) is 4.39 Å². The van der Waals surface area contributed by atoms with Gasteiger partial charge in [0.05, 0.1) is 12.1 Å². The summed E-state index contributed by atoms with van der Waals surface area (Å²) in [7, 11) is 3.82. The fourth-order valence-electron chi connectivity index (χ4n) is 3.72. The second-order valence-electron chi connectivity index (χ2n) is 7.48. The molecule has 0 aliphatic rings. The highest BCUT2D eigenvalue weighted by atomic mass is 79.9. The quantitative estimate of drug-likeness (QED) is 0.305. The van der Waals surface area contributed by atoms with Gasteiger partial charge in [0, 0.05) is 28.0 Å². The summed E-state index contributed by atoms with van der Waals surface area (Å²) in [6.45, 7) is 1.60. The summed E-state index contributed by atoms with van der Waals surface area (Å²) in [6, 6.07) is 19.0. The van der Waals surface area contributed by atoms with Crippen molar-refractivity contribution in [1.29, 1.82) is 0 Å². The summed E-state index contributed by atoms with van der Waals surface area (Å²) in [6.07, 6.45) is 2.02. The Morgan fingerprint density at radius 3 is 2.68 bits per heavy atom. The monoisotopic (exact) mass is 481 g/mol. The van der Waals surface area contributed by atoms with Gasteiger partial charge in [-0.3, -0.25) is 4.68 Å². The summed E-state index contributed by atoms with van der Waals surface area (Å²) in [5.74, 6) is 0.469.